The number of carbonyl (C=O) groups is 1. The van der Waals surface area contributed by atoms with E-state index >= 15 is 0 Å². The van der Waals surface area contributed by atoms with Crippen LogP contribution in [0.15, 0.2) is 24.3 Å². The van der Waals surface area contributed by atoms with Crippen LogP contribution in [-0.4, -0.2) is 13.0 Å². The topological polar surface area (TPSA) is 29.5 Å². The van der Waals surface area contributed by atoms with Gasteiger partial charge in [0, 0.05) is 5.92 Å². The molecule has 1 aliphatic carbocycles. The van der Waals surface area contributed by atoms with Gasteiger partial charge in [0.25, 0.3) is 5.91 Å². The molecule has 1 amide bonds. The highest BCUT2D eigenvalue weighted by atomic mass is 16.7. The number of nitrogens with zero attached hydrogens (tertiary/aromatic N) is 1. The van der Waals surface area contributed by atoms with Crippen LogP contribution in [0, 0.1) is 12.8 Å². The maximum atomic E-state index is 11.9. The summed E-state index contributed by atoms with van der Waals surface area (Å²) >= 11 is 0. The molecular weight excluding hydrogens is 190 g/mol. The van der Waals surface area contributed by atoms with Crippen molar-refractivity contribution in [1.82, 2.24) is 0 Å². The Morgan fingerprint density at radius 3 is 2.60 bits per heavy atom. The number of aryl methyl sites for hydroxylation is 1. The largest absolute Gasteiger partial charge is 0.272 e. The molecule has 3 nitrogen and oxygen atoms in total. The van der Waals surface area contributed by atoms with Gasteiger partial charge in [0.2, 0.25) is 0 Å². The van der Waals surface area contributed by atoms with E-state index in [1.807, 2.05) is 31.2 Å². The Balaban J connectivity index is 2.25. The third-order valence-corrected chi connectivity index (χ3v) is 2.64. The molecule has 1 fully saturated rings. The number of benzene rings is 1. The van der Waals surface area contributed by atoms with Gasteiger partial charge in [-0.1, -0.05) is 18.2 Å². The summed E-state index contributed by atoms with van der Waals surface area (Å²) in [5, 5.41) is 1.41. The Labute approximate surface area is 89.6 Å². The average molecular weight is 205 g/mol. The van der Waals surface area contributed by atoms with Crippen LogP contribution in [-0.2, 0) is 9.63 Å². The molecule has 0 bridgehead atoms. The van der Waals surface area contributed by atoms with Gasteiger partial charge in [-0.05, 0) is 31.4 Å². The van der Waals surface area contributed by atoms with Crippen molar-refractivity contribution in [2.75, 3.05) is 12.2 Å². The molecule has 0 spiro atoms. The number of rotatable bonds is 3. The molecule has 0 radical (unpaired) electrons. The minimum Gasteiger partial charge on any atom is -0.272 e. The molecule has 0 unspecified atom stereocenters. The number of amides is 1. The Morgan fingerprint density at radius 1 is 1.40 bits per heavy atom. The van der Waals surface area contributed by atoms with E-state index < -0.39 is 0 Å². The predicted octanol–water partition coefficient (Wildman–Crippen LogP) is 2.30. The van der Waals surface area contributed by atoms with Crippen LogP contribution in [0.4, 0.5) is 5.69 Å². The lowest BCUT2D eigenvalue weighted by atomic mass is 10.2. The van der Waals surface area contributed by atoms with E-state index in [-0.39, 0.29) is 11.8 Å². The number of hydrogen-bond donors (Lipinski definition) is 0. The highest BCUT2D eigenvalue weighted by molar-refractivity contribution is 5.95. The molecule has 0 aromatic heterocycles. The smallest absolute Gasteiger partial charge is 0.253 e. The van der Waals surface area contributed by atoms with Gasteiger partial charge in [-0.3, -0.25) is 9.63 Å². The van der Waals surface area contributed by atoms with Crippen LogP contribution in [0.25, 0.3) is 0 Å². The maximum absolute atomic E-state index is 11.9. The molecule has 15 heavy (non-hydrogen) atoms. The first-order chi connectivity index (χ1) is 7.24. The van der Waals surface area contributed by atoms with Gasteiger partial charge in [-0.2, -0.15) is 5.06 Å². The number of hydroxylamine groups is 1. The van der Waals surface area contributed by atoms with E-state index in [0.717, 1.165) is 24.1 Å². The van der Waals surface area contributed by atoms with Gasteiger partial charge < -0.3 is 0 Å². The molecule has 2 rings (SSSR count). The maximum Gasteiger partial charge on any atom is 0.253 e. The molecule has 80 valence electrons. The Hall–Kier alpha value is -1.35. The molecule has 0 saturated heterocycles. The zero-order chi connectivity index (χ0) is 10.8. The molecule has 3 heteroatoms. The minimum atomic E-state index is 0.0757. The minimum absolute atomic E-state index is 0.0757. The van der Waals surface area contributed by atoms with Crippen LogP contribution in [0.5, 0.6) is 0 Å². The summed E-state index contributed by atoms with van der Waals surface area (Å²) in [6, 6.07) is 7.74. The van der Waals surface area contributed by atoms with Gasteiger partial charge in [0.15, 0.2) is 0 Å². The lowest BCUT2D eigenvalue weighted by Gasteiger charge is -2.21. The fraction of sp³-hybridized carbons (Fsp3) is 0.417. The number of para-hydroxylation sites is 1. The first-order valence-corrected chi connectivity index (χ1v) is 5.17. The van der Waals surface area contributed by atoms with Crippen LogP contribution in [0.1, 0.15) is 18.4 Å². The van der Waals surface area contributed by atoms with Crippen molar-refractivity contribution in [2.45, 2.75) is 19.8 Å². The van der Waals surface area contributed by atoms with E-state index in [2.05, 4.69) is 0 Å². The van der Waals surface area contributed by atoms with Crippen molar-refractivity contribution < 1.29 is 9.63 Å². The third kappa shape index (κ3) is 2.02. The van der Waals surface area contributed by atoms with Crippen molar-refractivity contribution >= 4 is 11.6 Å². The zero-order valence-electron chi connectivity index (χ0n) is 9.06. The number of anilines is 1. The van der Waals surface area contributed by atoms with E-state index in [4.69, 9.17) is 4.84 Å². The van der Waals surface area contributed by atoms with Crippen molar-refractivity contribution in [3.8, 4) is 0 Å². The predicted molar refractivity (Wildman–Crippen MR) is 58.4 cm³/mol. The van der Waals surface area contributed by atoms with E-state index in [1.54, 1.807) is 0 Å². The summed E-state index contributed by atoms with van der Waals surface area (Å²) in [4.78, 5) is 17.1. The molecule has 1 aromatic rings. The van der Waals surface area contributed by atoms with Gasteiger partial charge >= 0.3 is 0 Å². The quantitative estimate of drug-likeness (QED) is 0.708. The zero-order valence-corrected chi connectivity index (χ0v) is 9.06. The second kappa shape index (κ2) is 4.03. The molecule has 1 aliphatic rings. The molecular formula is C12H15NO2. The fourth-order valence-electron chi connectivity index (χ4n) is 1.59. The van der Waals surface area contributed by atoms with E-state index in [9.17, 15) is 4.79 Å². The number of hydrogen-bond acceptors (Lipinski definition) is 2. The Morgan fingerprint density at radius 2 is 2.07 bits per heavy atom. The molecule has 0 aliphatic heterocycles. The molecule has 1 saturated carbocycles. The van der Waals surface area contributed by atoms with Crippen molar-refractivity contribution in [1.29, 1.82) is 0 Å². The molecule has 0 atom stereocenters. The second-order valence-corrected chi connectivity index (χ2v) is 3.88. The van der Waals surface area contributed by atoms with Crippen LogP contribution in [0.2, 0.25) is 0 Å². The highest BCUT2D eigenvalue weighted by Gasteiger charge is 2.34. The van der Waals surface area contributed by atoms with Gasteiger partial charge in [-0.15, -0.1) is 0 Å². The second-order valence-electron chi connectivity index (χ2n) is 3.88. The van der Waals surface area contributed by atoms with Crippen molar-refractivity contribution in [3.05, 3.63) is 29.8 Å². The lowest BCUT2D eigenvalue weighted by molar-refractivity contribution is -0.126. The summed E-state index contributed by atoms with van der Waals surface area (Å²) < 4.78 is 0. The SMILES string of the molecule is CON(C(=O)C1CC1)c1ccccc1C. The lowest BCUT2D eigenvalue weighted by Crippen LogP contribution is -2.31. The normalized spacial score (nSPS) is 15.1. The summed E-state index contributed by atoms with van der Waals surface area (Å²) in [6.45, 7) is 1.97. The van der Waals surface area contributed by atoms with E-state index in [0.29, 0.717) is 0 Å². The van der Waals surface area contributed by atoms with Crippen molar-refractivity contribution in [2.24, 2.45) is 5.92 Å². The average Bonchev–Trinajstić information content (AvgIpc) is 3.05. The fourth-order valence-corrected chi connectivity index (χ4v) is 1.59. The molecule has 0 heterocycles. The van der Waals surface area contributed by atoms with Crippen LogP contribution < -0.4 is 5.06 Å². The first kappa shape index (κ1) is 10.2. The van der Waals surface area contributed by atoms with Gasteiger partial charge in [0.1, 0.15) is 0 Å². The Bertz CT molecular complexity index is 372. The third-order valence-electron chi connectivity index (χ3n) is 2.64. The van der Waals surface area contributed by atoms with Crippen LogP contribution >= 0.6 is 0 Å². The van der Waals surface area contributed by atoms with Crippen LogP contribution in [0.3, 0.4) is 0 Å². The highest BCUT2D eigenvalue weighted by Crippen LogP contribution is 2.33. The van der Waals surface area contributed by atoms with Gasteiger partial charge in [-0.25, -0.2) is 0 Å². The standard InChI is InChI=1S/C12H15NO2/c1-9-5-3-4-6-11(9)13(15-2)12(14)10-7-8-10/h3-6,10H,7-8H2,1-2H3. The van der Waals surface area contributed by atoms with E-state index in [1.165, 1.54) is 12.2 Å². The summed E-state index contributed by atoms with van der Waals surface area (Å²) in [7, 11) is 1.53. The van der Waals surface area contributed by atoms with Crippen molar-refractivity contribution in [3.63, 3.8) is 0 Å². The Kier molecular flexibility index (Phi) is 2.73. The summed E-state index contributed by atoms with van der Waals surface area (Å²) in [6.07, 6.45) is 1.98. The van der Waals surface area contributed by atoms with Gasteiger partial charge in [0.05, 0.1) is 12.8 Å². The first-order valence-electron chi connectivity index (χ1n) is 5.17. The molecule has 1 aromatic carbocycles. The summed E-state index contributed by atoms with van der Waals surface area (Å²) in [5.41, 5.74) is 1.89. The molecule has 0 N–H and O–H groups in total. The summed E-state index contributed by atoms with van der Waals surface area (Å²) in [5.74, 6) is 0.247. The number of carbonyl (C=O) groups excluding carboxylic acids is 1. The monoisotopic (exact) mass is 205 g/mol.